The summed E-state index contributed by atoms with van der Waals surface area (Å²) in [4.78, 5) is 4.21. The van der Waals surface area contributed by atoms with E-state index < -0.39 is 5.82 Å². The van der Waals surface area contributed by atoms with Crippen molar-refractivity contribution in [3.63, 3.8) is 0 Å². The predicted octanol–water partition coefficient (Wildman–Crippen LogP) is 3.55. The molecule has 0 bridgehead atoms. The van der Waals surface area contributed by atoms with E-state index in [1.165, 1.54) is 12.1 Å². The average molecular weight is 288 g/mol. The number of imidazole rings is 1. The Kier molecular flexibility index (Phi) is 3.47. The molecule has 0 saturated heterocycles. The SMILES string of the molecule is CSC(C)(C)Cn1c(N)nc2cc(Cl)c(F)cc21. The molecule has 0 aliphatic heterocycles. The highest BCUT2D eigenvalue weighted by Gasteiger charge is 2.20. The molecule has 6 heteroatoms. The average Bonchev–Trinajstić information content (AvgIpc) is 2.57. The highest BCUT2D eigenvalue weighted by atomic mass is 35.5. The summed E-state index contributed by atoms with van der Waals surface area (Å²) in [5.74, 6) is -0.0685. The number of hydrogen-bond donors (Lipinski definition) is 1. The van der Waals surface area contributed by atoms with E-state index in [1.54, 1.807) is 11.8 Å². The van der Waals surface area contributed by atoms with Gasteiger partial charge in [-0.1, -0.05) is 11.6 Å². The third kappa shape index (κ3) is 2.42. The van der Waals surface area contributed by atoms with Crippen molar-refractivity contribution >= 4 is 40.3 Å². The molecule has 0 atom stereocenters. The zero-order valence-electron chi connectivity index (χ0n) is 10.5. The van der Waals surface area contributed by atoms with Gasteiger partial charge in [0.2, 0.25) is 5.95 Å². The lowest BCUT2D eigenvalue weighted by molar-refractivity contribution is 0.583. The third-order valence-corrected chi connectivity index (χ3v) is 4.44. The van der Waals surface area contributed by atoms with E-state index in [1.807, 2.05) is 10.8 Å². The van der Waals surface area contributed by atoms with Crippen LogP contribution in [0.1, 0.15) is 13.8 Å². The van der Waals surface area contributed by atoms with Crippen molar-refractivity contribution in [3.8, 4) is 0 Å². The number of aromatic nitrogens is 2. The molecule has 1 aromatic carbocycles. The minimum absolute atomic E-state index is 0.00212. The van der Waals surface area contributed by atoms with Crippen molar-refractivity contribution < 1.29 is 4.39 Å². The lowest BCUT2D eigenvalue weighted by Crippen LogP contribution is -2.23. The minimum Gasteiger partial charge on any atom is -0.369 e. The molecular weight excluding hydrogens is 273 g/mol. The number of hydrogen-bond acceptors (Lipinski definition) is 3. The molecule has 2 N–H and O–H groups in total. The Hall–Kier alpha value is -0.940. The second kappa shape index (κ2) is 4.63. The fraction of sp³-hybridized carbons (Fsp3) is 0.417. The quantitative estimate of drug-likeness (QED) is 0.939. The Bertz CT molecular complexity index is 595. The molecule has 0 spiro atoms. The van der Waals surface area contributed by atoms with Crippen molar-refractivity contribution in [2.75, 3.05) is 12.0 Å². The van der Waals surface area contributed by atoms with Gasteiger partial charge in [0.1, 0.15) is 5.82 Å². The van der Waals surface area contributed by atoms with Gasteiger partial charge < -0.3 is 10.3 Å². The van der Waals surface area contributed by atoms with Gasteiger partial charge in [0, 0.05) is 17.4 Å². The lowest BCUT2D eigenvalue weighted by atomic mass is 10.2. The first-order valence-corrected chi connectivity index (χ1v) is 7.10. The van der Waals surface area contributed by atoms with Gasteiger partial charge in [0.05, 0.1) is 16.1 Å². The molecule has 1 heterocycles. The normalized spacial score (nSPS) is 12.3. The number of halogens is 2. The maximum absolute atomic E-state index is 13.5. The molecular formula is C12H15ClFN3S. The van der Waals surface area contributed by atoms with Gasteiger partial charge in [0.25, 0.3) is 0 Å². The van der Waals surface area contributed by atoms with Crippen molar-refractivity contribution in [1.29, 1.82) is 0 Å². The Morgan fingerprint density at radius 3 is 2.78 bits per heavy atom. The minimum atomic E-state index is -0.452. The number of anilines is 1. The van der Waals surface area contributed by atoms with Crippen LogP contribution in [0.5, 0.6) is 0 Å². The number of benzene rings is 1. The zero-order valence-corrected chi connectivity index (χ0v) is 12.1. The van der Waals surface area contributed by atoms with Crippen LogP contribution >= 0.6 is 23.4 Å². The van der Waals surface area contributed by atoms with Crippen molar-refractivity contribution in [3.05, 3.63) is 23.0 Å². The monoisotopic (exact) mass is 287 g/mol. The predicted molar refractivity (Wildman–Crippen MR) is 76.7 cm³/mol. The molecule has 3 nitrogen and oxygen atoms in total. The van der Waals surface area contributed by atoms with E-state index >= 15 is 0 Å². The molecule has 2 aromatic rings. The first-order valence-electron chi connectivity index (χ1n) is 5.50. The molecule has 18 heavy (non-hydrogen) atoms. The molecule has 0 fully saturated rings. The number of nitrogens with zero attached hydrogens (tertiary/aromatic N) is 2. The molecule has 1 aromatic heterocycles. The molecule has 0 aliphatic carbocycles. The molecule has 0 radical (unpaired) electrons. The van der Waals surface area contributed by atoms with Crippen molar-refractivity contribution in [2.24, 2.45) is 0 Å². The maximum Gasteiger partial charge on any atom is 0.201 e. The van der Waals surface area contributed by atoms with E-state index in [0.717, 1.165) is 0 Å². The highest BCUT2D eigenvalue weighted by molar-refractivity contribution is 7.99. The summed E-state index contributed by atoms with van der Waals surface area (Å²) in [6, 6.07) is 2.89. The summed E-state index contributed by atoms with van der Waals surface area (Å²) in [5.41, 5.74) is 7.19. The first kappa shape index (κ1) is 13.5. The summed E-state index contributed by atoms with van der Waals surface area (Å²) in [7, 11) is 0. The van der Waals surface area contributed by atoms with Crippen molar-refractivity contribution in [2.45, 2.75) is 25.1 Å². The van der Waals surface area contributed by atoms with Crippen LogP contribution in [0.3, 0.4) is 0 Å². The number of fused-ring (bicyclic) bond motifs is 1. The van der Waals surface area contributed by atoms with Gasteiger partial charge in [-0.3, -0.25) is 0 Å². The van der Waals surface area contributed by atoms with Crippen LogP contribution in [0, 0.1) is 5.82 Å². The van der Waals surface area contributed by atoms with Crippen LogP contribution in [0.15, 0.2) is 12.1 Å². The summed E-state index contributed by atoms with van der Waals surface area (Å²) in [5, 5.41) is 0.0660. The standard InChI is InChI=1S/C12H15ClFN3S/c1-12(2,18-3)6-17-10-5-8(14)7(13)4-9(10)16-11(17)15/h4-5H,6H2,1-3H3,(H2,15,16). The fourth-order valence-corrected chi connectivity index (χ4v) is 2.17. The number of rotatable bonds is 3. The van der Waals surface area contributed by atoms with Gasteiger partial charge in [-0.2, -0.15) is 11.8 Å². The molecule has 0 amide bonds. The molecule has 98 valence electrons. The van der Waals surface area contributed by atoms with Crippen LogP contribution in [0.25, 0.3) is 11.0 Å². The summed E-state index contributed by atoms with van der Waals surface area (Å²) in [6.07, 6.45) is 2.03. The Morgan fingerprint density at radius 1 is 1.50 bits per heavy atom. The first-order chi connectivity index (χ1) is 8.34. The van der Waals surface area contributed by atoms with Gasteiger partial charge in [-0.15, -0.1) is 0 Å². The summed E-state index contributed by atoms with van der Waals surface area (Å²) in [6.45, 7) is 4.88. The summed E-state index contributed by atoms with van der Waals surface area (Å²) < 4.78 is 15.4. The van der Waals surface area contributed by atoms with E-state index in [4.69, 9.17) is 17.3 Å². The number of thioether (sulfide) groups is 1. The van der Waals surface area contributed by atoms with Crippen LogP contribution in [0.2, 0.25) is 5.02 Å². The third-order valence-electron chi connectivity index (χ3n) is 2.91. The van der Waals surface area contributed by atoms with Crippen LogP contribution in [-0.4, -0.2) is 20.6 Å². The zero-order chi connectivity index (χ0) is 13.5. The highest BCUT2D eigenvalue weighted by Crippen LogP contribution is 2.29. The van der Waals surface area contributed by atoms with Crippen molar-refractivity contribution in [1.82, 2.24) is 9.55 Å². The van der Waals surface area contributed by atoms with Gasteiger partial charge in [-0.25, -0.2) is 9.37 Å². The molecule has 0 aliphatic rings. The lowest BCUT2D eigenvalue weighted by Gasteiger charge is -2.23. The maximum atomic E-state index is 13.5. The smallest absolute Gasteiger partial charge is 0.201 e. The Balaban J connectivity index is 2.57. The molecule has 2 rings (SSSR count). The second-order valence-electron chi connectivity index (χ2n) is 4.77. The van der Waals surface area contributed by atoms with E-state index in [2.05, 4.69) is 18.8 Å². The van der Waals surface area contributed by atoms with Crippen LogP contribution in [0.4, 0.5) is 10.3 Å². The van der Waals surface area contributed by atoms with Gasteiger partial charge in [-0.05, 0) is 26.2 Å². The topological polar surface area (TPSA) is 43.8 Å². The number of nitrogen functional groups attached to an aromatic ring is 1. The van der Waals surface area contributed by atoms with E-state index in [9.17, 15) is 4.39 Å². The number of nitrogens with two attached hydrogens (primary N) is 1. The molecule has 0 saturated carbocycles. The molecule has 0 unspecified atom stereocenters. The van der Waals surface area contributed by atoms with Crippen LogP contribution < -0.4 is 5.73 Å². The second-order valence-corrected chi connectivity index (χ2v) is 6.70. The largest absolute Gasteiger partial charge is 0.369 e. The van der Waals surface area contributed by atoms with E-state index in [0.29, 0.717) is 23.5 Å². The summed E-state index contributed by atoms with van der Waals surface area (Å²) >= 11 is 7.47. The van der Waals surface area contributed by atoms with Gasteiger partial charge >= 0.3 is 0 Å². The van der Waals surface area contributed by atoms with Gasteiger partial charge in [0.15, 0.2) is 0 Å². The fourth-order valence-electron chi connectivity index (χ4n) is 1.75. The Labute approximate surface area is 115 Å². The van der Waals surface area contributed by atoms with E-state index in [-0.39, 0.29) is 9.77 Å². The van der Waals surface area contributed by atoms with Crippen LogP contribution in [-0.2, 0) is 6.54 Å². The Morgan fingerprint density at radius 2 is 2.17 bits per heavy atom.